The molecule has 1 aliphatic carbocycles. The Morgan fingerprint density at radius 1 is 0.757 bits per heavy atom. The van der Waals surface area contributed by atoms with Crippen molar-refractivity contribution < 1.29 is 63.7 Å². The summed E-state index contributed by atoms with van der Waals surface area (Å²) in [5.41, 5.74) is 29.8. The van der Waals surface area contributed by atoms with Gasteiger partial charge in [0.1, 0.15) is 36.6 Å². The second kappa shape index (κ2) is 13.8. The fourth-order valence-electron chi connectivity index (χ4n) is 4.43. The Labute approximate surface area is 212 Å². The molecule has 3 aliphatic rings. The fraction of sp³-hybridized carbons (Fsp3) is 1.00. The number of aliphatic hydroxyl groups excluding tert-OH is 5. The molecule has 0 radical (unpaired) electrons. The third-order valence-corrected chi connectivity index (χ3v) is 6.41. The van der Waals surface area contributed by atoms with Crippen molar-refractivity contribution in [3.63, 3.8) is 0 Å². The van der Waals surface area contributed by atoms with Gasteiger partial charge in [0.15, 0.2) is 12.6 Å². The summed E-state index contributed by atoms with van der Waals surface area (Å²) in [6.45, 7) is -0.499. The van der Waals surface area contributed by atoms with Crippen molar-refractivity contribution in [2.75, 3.05) is 13.2 Å². The van der Waals surface area contributed by atoms with Crippen molar-refractivity contribution in [2.24, 2.45) is 28.7 Å². The summed E-state index contributed by atoms with van der Waals surface area (Å²) in [5, 5.41) is 50.7. The highest BCUT2D eigenvalue weighted by Gasteiger charge is 2.50. The number of nitrogens with two attached hydrogens (primary N) is 5. The van der Waals surface area contributed by atoms with Crippen molar-refractivity contribution in [1.82, 2.24) is 0 Å². The van der Waals surface area contributed by atoms with Gasteiger partial charge in [-0.3, -0.25) is 0 Å². The minimum absolute atomic E-state index is 0.0542. The normalized spacial score (nSPS) is 47.2. The minimum atomic E-state index is -4.64. The number of ether oxygens (including phenoxy) is 4. The zero-order valence-corrected chi connectivity index (χ0v) is 20.8. The number of hydrogen-bond donors (Lipinski definition) is 13. The van der Waals surface area contributed by atoms with E-state index < -0.39 is 100 Å². The van der Waals surface area contributed by atoms with Gasteiger partial charge in [0, 0.05) is 18.6 Å². The van der Waals surface area contributed by atoms with Crippen molar-refractivity contribution >= 4 is 7.82 Å². The highest BCUT2D eigenvalue weighted by molar-refractivity contribution is 7.45. The minimum Gasteiger partial charge on any atom is -0.394 e. The molecule has 18 nitrogen and oxygen atoms in total. The molecule has 0 aromatic heterocycles. The van der Waals surface area contributed by atoms with E-state index in [1.807, 2.05) is 0 Å². The Morgan fingerprint density at radius 3 is 1.73 bits per heavy atom. The first kappa shape index (κ1) is 32.8. The van der Waals surface area contributed by atoms with E-state index in [2.05, 4.69) is 0 Å². The van der Waals surface area contributed by atoms with Crippen LogP contribution in [0.3, 0.4) is 0 Å². The van der Waals surface area contributed by atoms with Crippen molar-refractivity contribution in [3.05, 3.63) is 0 Å². The SMILES string of the molecule is NC[C@H]1O[C@H](O[C@H]2[C@H](O)[C@@H](O[C@H]3O[C@H](CO)[C@@H](O)[C@H](N)[C@H]3O)[C@H](N)C[C@@H]2N)[C@H](N)C[C@@H]1O.O=P(O)(O)O. The number of rotatable bonds is 6. The average molecular weight is 566 g/mol. The molecular weight excluding hydrogens is 525 g/mol. The highest BCUT2D eigenvalue weighted by Crippen LogP contribution is 2.30. The van der Waals surface area contributed by atoms with E-state index in [1.165, 1.54) is 0 Å². The third-order valence-electron chi connectivity index (χ3n) is 6.41. The number of aliphatic hydroxyl groups is 5. The molecule has 0 spiro atoms. The van der Waals surface area contributed by atoms with Crippen LogP contribution < -0.4 is 28.7 Å². The monoisotopic (exact) mass is 565 g/mol. The van der Waals surface area contributed by atoms with Gasteiger partial charge in [-0.2, -0.15) is 0 Å². The van der Waals surface area contributed by atoms with E-state index >= 15 is 0 Å². The van der Waals surface area contributed by atoms with Crippen molar-refractivity contribution in [3.8, 4) is 0 Å². The van der Waals surface area contributed by atoms with Crippen LogP contribution in [0.2, 0.25) is 0 Å². The molecule has 1 saturated carbocycles. The topological polar surface area (TPSA) is 346 Å². The van der Waals surface area contributed by atoms with Gasteiger partial charge in [-0.25, -0.2) is 4.57 Å². The molecule has 2 heterocycles. The molecule has 3 fully saturated rings. The lowest BCUT2D eigenvalue weighted by atomic mass is 9.84. The first-order valence-corrected chi connectivity index (χ1v) is 13.1. The van der Waals surface area contributed by atoms with E-state index in [0.29, 0.717) is 0 Å². The maximum absolute atomic E-state index is 11.0. The van der Waals surface area contributed by atoms with Gasteiger partial charge in [-0.1, -0.05) is 0 Å². The molecule has 0 aromatic carbocycles. The zero-order valence-electron chi connectivity index (χ0n) is 19.9. The maximum atomic E-state index is 11.0. The van der Waals surface area contributed by atoms with Crippen LogP contribution in [0, 0.1) is 0 Å². The highest BCUT2D eigenvalue weighted by atomic mass is 31.2. The first-order chi connectivity index (χ1) is 17.1. The standard InChI is InChI=1S/C18H37N5O9.H3O4P/c19-3-9-8(25)2-7(22)17(29-9)31-15-5(20)1-6(21)16(14(15)28)32-18-13(27)11(23)12(26)10(4-24)30-18;1-5(2,3)4/h5-18,24-28H,1-4,19-23H2;(H3,1,2,3,4)/t5-,6+,7+,8-,9+,10+,11-,12+,13+,14-,15+,16-,17+,18+;/m0./s1. The lowest BCUT2D eigenvalue weighted by molar-refractivity contribution is -0.314. The Bertz CT molecular complexity index is 745. The van der Waals surface area contributed by atoms with E-state index in [4.69, 9.17) is 66.9 Å². The van der Waals surface area contributed by atoms with Crippen molar-refractivity contribution in [2.45, 2.75) is 98.4 Å². The summed E-state index contributed by atoms with van der Waals surface area (Å²) in [4.78, 5) is 21.6. The molecule has 2 saturated heterocycles. The lowest BCUT2D eigenvalue weighted by Crippen LogP contribution is -2.68. The van der Waals surface area contributed by atoms with Gasteiger partial charge in [0.25, 0.3) is 0 Å². The molecule has 19 heteroatoms. The van der Waals surface area contributed by atoms with Crippen LogP contribution in [0.1, 0.15) is 12.8 Å². The molecule has 0 amide bonds. The molecule has 220 valence electrons. The van der Waals surface area contributed by atoms with Crippen LogP contribution in [0.15, 0.2) is 0 Å². The summed E-state index contributed by atoms with van der Waals surface area (Å²) in [5.74, 6) is 0. The first-order valence-electron chi connectivity index (χ1n) is 11.5. The van der Waals surface area contributed by atoms with Crippen LogP contribution in [-0.4, -0.2) is 139 Å². The Balaban J connectivity index is 0.000000877. The van der Waals surface area contributed by atoms with Gasteiger partial charge < -0.3 is 87.8 Å². The molecule has 2 aliphatic heterocycles. The van der Waals surface area contributed by atoms with Gasteiger partial charge in [0.2, 0.25) is 0 Å². The van der Waals surface area contributed by atoms with Gasteiger partial charge in [-0.15, -0.1) is 0 Å². The average Bonchev–Trinajstić information content (AvgIpc) is 2.79. The Hall–Kier alpha value is -0.450. The van der Waals surface area contributed by atoms with Gasteiger partial charge in [-0.05, 0) is 12.8 Å². The van der Waals surface area contributed by atoms with Crippen molar-refractivity contribution in [1.29, 1.82) is 0 Å². The molecule has 37 heavy (non-hydrogen) atoms. The summed E-state index contributed by atoms with van der Waals surface area (Å²) >= 11 is 0. The second-order valence-electron chi connectivity index (χ2n) is 9.30. The Kier molecular flexibility index (Phi) is 12.2. The number of hydrogen-bond acceptors (Lipinski definition) is 15. The van der Waals surface area contributed by atoms with Crippen LogP contribution in [0.4, 0.5) is 0 Å². The van der Waals surface area contributed by atoms with Crippen LogP contribution >= 0.6 is 7.82 Å². The van der Waals surface area contributed by atoms with E-state index in [1.54, 1.807) is 0 Å². The molecule has 0 aromatic rings. The number of phosphoric acid groups is 1. The van der Waals surface area contributed by atoms with E-state index in [9.17, 15) is 25.5 Å². The fourth-order valence-corrected chi connectivity index (χ4v) is 4.43. The van der Waals surface area contributed by atoms with E-state index in [0.717, 1.165) is 0 Å². The summed E-state index contributed by atoms with van der Waals surface area (Å²) in [6, 6.07) is -3.27. The van der Waals surface area contributed by atoms with E-state index in [-0.39, 0.29) is 19.4 Å². The largest absolute Gasteiger partial charge is 0.466 e. The van der Waals surface area contributed by atoms with Crippen LogP contribution in [0.5, 0.6) is 0 Å². The zero-order chi connectivity index (χ0) is 28.2. The maximum Gasteiger partial charge on any atom is 0.466 e. The molecule has 18 N–H and O–H groups in total. The third kappa shape index (κ3) is 8.77. The second-order valence-corrected chi connectivity index (χ2v) is 10.3. The predicted octanol–water partition coefficient (Wildman–Crippen LogP) is -7.22. The molecular formula is C18H40N5O13P. The quantitative estimate of drug-likeness (QED) is 0.133. The Morgan fingerprint density at radius 2 is 1.24 bits per heavy atom. The molecule has 3 rings (SSSR count). The van der Waals surface area contributed by atoms with Gasteiger partial charge in [0.05, 0.1) is 30.9 Å². The van der Waals surface area contributed by atoms with Crippen LogP contribution in [-0.2, 0) is 23.5 Å². The summed E-state index contributed by atoms with van der Waals surface area (Å²) in [6.07, 6.45) is -10.8. The molecule has 0 bridgehead atoms. The smallest absolute Gasteiger partial charge is 0.394 e. The summed E-state index contributed by atoms with van der Waals surface area (Å²) in [7, 11) is -4.64. The molecule has 14 atom stereocenters. The summed E-state index contributed by atoms with van der Waals surface area (Å²) < 4.78 is 31.6. The molecule has 0 unspecified atom stereocenters. The predicted molar refractivity (Wildman–Crippen MR) is 123 cm³/mol. The lowest BCUT2D eigenvalue weighted by Gasteiger charge is -2.47. The van der Waals surface area contributed by atoms with Gasteiger partial charge >= 0.3 is 7.82 Å². The van der Waals surface area contributed by atoms with Crippen LogP contribution in [0.25, 0.3) is 0 Å².